The molecule has 108 valence electrons. The summed E-state index contributed by atoms with van der Waals surface area (Å²) in [6.45, 7) is 5.67. The number of morpholine rings is 1. The van der Waals surface area contributed by atoms with Gasteiger partial charge in [-0.05, 0) is 33.1 Å². The van der Waals surface area contributed by atoms with Crippen LogP contribution in [0.5, 0.6) is 0 Å². The summed E-state index contributed by atoms with van der Waals surface area (Å²) in [7, 11) is 0. The first kappa shape index (κ1) is 14.1. The minimum atomic E-state index is -1.08. The average molecular weight is 270 g/mol. The van der Waals surface area contributed by atoms with Crippen molar-refractivity contribution < 1.29 is 19.4 Å². The van der Waals surface area contributed by atoms with E-state index in [1.54, 1.807) is 11.8 Å². The summed E-state index contributed by atoms with van der Waals surface area (Å²) in [5.41, 5.74) is -1.08. The topological polar surface area (TPSA) is 70.1 Å². The van der Waals surface area contributed by atoms with Crippen LogP contribution < -0.4 is 0 Å². The van der Waals surface area contributed by atoms with Crippen LogP contribution in [0, 0.1) is 0 Å². The molecule has 1 N–H and O–H groups in total. The molecule has 2 amide bonds. The third-order valence-electron chi connectivity index (χ3n) is 4.20. The molecule has 6 heteroatoms. The minimum absolute atomic E-state index is 0.00113. The van der Waals surface area contributed by atoms with E-state index in [4.69, 9.17) is 4.74 Å². The number of urea groups is 1. The normalized spacial score (nSPS) is 32.2. The van der Waals surface area contributed by atoms with Crippen LogP contribution in [0.2, 0.25) is 0 Å². The molecule has 0 radical (unpaired) electrons. The fraction of sp³-hybridized carbons (Fsp3) is 0.846. The van der Waals surface area contributed by atoms with E-state index in [1.165, 1.54) is 4.90 Å². The zero-order valence-electron chi connectivity index (χ0n) is 11.6. The zero-order chi connectivity index (χ0) is 14.0. The van der Waals surface area contributed by atoms with Gasteiger partial charge in [0.1, 0.15) is 5.54 Å². The molecule has 19 heavy (non-hydrogen) atoms. The van der Waals surface area contributed by atoms with Gasteiger partial charge in [0.05, 0.1) is 19.3 Å². The van der Waals surface area contributed by atoms with E-state index in [0.717, 1.165) is 12.8 Å². The highest BCUT2D eigenvalue weighted by Crippen LogP contribution is 2.30. The summed E-state index contributed by atoms with van der Waals surface area (Å²) >= 11 is 0. The molecular formula is C13H22N2O4. The molecule has 2 unspecified atom stereocenters. The number of hydrogen-bond acceptors (Lipinski definition) is 3. The van der Waals surface area contributed by atoms with Crippen molar-refractivity contribution in [3.05, 3.63) is 0 Å². The Morgan fingerprint density at radius 3 is 2.68 bits per heavy atom. The van der Waals surface area contributed by atoms with Gasteiger partial charge >= 0.3 is 12.0 Å². The van der Waals surface area contributed by atoms with Crippen LogP contribution in [0.4, 0.5) is 4.79 Å². The second-order valence-electron chi connectivity index (χ2n) is 5.59. The molecule has 6 nitrogen and oxygen atoms in total. The first-order chi connectivity index (χ1) is 8.97. The maximum Gasteiger partial charge on any atom is 0.329 e. The van der Waals surface area contributed by atoms with E-state index in [9.17, 15) is 14.7 Å². The number of carbonyl (C=O) groups excluding carboxylic acids is 1. The lowest BCUT2D eigenvalue weighted by Crippen LogP contribution is -2.63. The highest BCUT2D eigenvalue weighted by Gasteiger charge is 2.46. The highest BCUT2D eigenvalue weighted by atomic mass is 16.5. The Morgan fingerprint density at radius 2 is 2.05 bits per heavy atom. The number of carbonyl (C=O) groups is 2. The van der Waals surface area contributed by atoms with E-state index in [-0.39, 0.29) is 12.1 Å². The Balaban J connectivity index is 2.17. The molecule has 0 aromatic heterocycles. The number of piperidine rings is 1. The van der Waals surface area contributed by atoms with Gasteiger partial charge in [0.25, 0.3) is 0 Å². The molecule has 2 heterocycles. The van der Waals surface area contributed by atoms with E-state index >= 15 is 0 Å². The van der Waals surface area contributed by atoms with Crippen molar-refractivity contribution in [3.8, 4) is 0 Å². The van der Waals surface area contributed by atoms with E-state index in [0.29, 0.717) is 32.7 Å². The average Bonchev–Trinajstić information content (AvgIpc) is 2.39. The number of rotatable bonds is 1. The maximum atomic E-state index is 12.6. The quantitative estimate of drug-likeness (QED) is 0.776. The lowest BCUT2D eigenvalue weighted by molar-refractivity contribution is -0.151. The minimum Gasteiger partial charge on any atom is -0.480 e. The summed E-state index contributed by atoms with van der Waals surface area (Å²) in [5, 5.41) is 9.44. The summed E-state index contributed by atoms with van der Waals surface area (Å²) in [5.74, 6) is -0.915. The van der Waals surface area contributed by atoms with Gasteiger partial charge in [-0.3, -0.25) is 0 Å². The van der Waals surface area contributed by atoms with Crippen molar-refractivity contribution in [1.29, 1.82) is 0 Å². The van der Waals surface area contributed by atoms with Gasteiger partial charge in [-0.2, -0.15) is 0 Å². The molecule has 0 aromatic rings. The third kappa shape index (κ3) is 2.54. The first-order valence-corrected chi connectivity index (χ1v) is 6.86. The Hall–Kier alpha value is -1.30. The number of ether oxygens (including phenoxy) is 1. The molecule has 2 saturated heterocycles. The smallest absolute Gasteiger partial charge is 0.329 e. The summed E-state index contributed by atoms with van der Waals surface area (Å²) in [6.07, 6.45) is 2.24. The van der Waals surface area contributed by atoms with Gasteiger partial charge in [0, 0.05) is 13.1 Å². The second-order valence-corrected chi connectivity index (χ2v) is 5.59. The number of amides is 2. The van der Waals surface area contributed by atoms with Crippen LogP contribution >= 0.6 is 0 Å². The molecule has 0 aromatic carbocycles. The van der Waals surface area contributed by atoms with Crippen LogP contribution in [0.25, 0.3) is 0 Å². The van der Waals surface area contributed by atoms with Crippen LogP contribution in [0.3, 0.4) is 0 Å². The SMILES string of the molecule is CC1COCCN1C(=O)N1CCCCC1(C)C(=O)O. The van der Waals surface area contributed by atoms with Crippen molar-refractivity contribution in [3.63, 3.8) is 0 Å². The molecule has 0 aliphatic carbocycles. The molecule has 2 aliphatic rings. The predicted octanol–water partition coefficient (Wildman–Crippen LogP) is 1.16. The number of carboxylic acids is 1. The first-order valence-electron chi connectivity index (χ1n) is 6.86. The number of hydrogen-bond donors (Lipinski definition) is 1. The van der Waals surface area contributed by atoms with Crippen LogP contribution in [0.15, 0.2) is 0 Å². The largest absolute Gasteiger partial charge is 0.480 e. The Bertz CT molecular complexity index is 374. The van der Waals surface area contributed by atoms with Crippen molar-refractivity contribution in [2.45, 2.75) is 44.7 Å². The van der Waals surface area contributed by atoms with Crippen LogP contribution in [-0.2, 0) is 9.53 Å². The van der Waals surface area contributed by atoms with Crippen LogP contribution in [-0.4, -0.2) is 64.8 Å². The Labute approximate surface area is 113 Å². The van der Waals surface area contributed by atoms with Crippen molar-refractivity contribution in [1.82, 2.24) is 9.80 Å². The van der Waals surface area contributed by atoms with Crippen molar-refractivity contribution >= 4 is 12.0 Å². The summed E-state index contributed by atoms with van der Waals surface area (Å²) in [6, 6.07) is -0.165. The Kier molecular flexibility index (Phi) is 3.99. The number of likely N-dealkylation sites (tertiary alicyclic amines) is 1. The fourth-order valence-electron chi connectivity index (χ4n) is 2.82. The monoisotopic (exact) mass is 270 g/mol. The highest BCUT2D eigenvalue weighted by molar-refractivity contribution is 5.86. The van der Waals surface area contributed by atoms with Gasteiger partial charge in [-0.15, -0.1) is 0 Å². The molecule has 2 atom stereocenters. The lowest BCUT2D eigenvalue weighted by Gasteiger charge is -2.45. The van der Waals surface area contributed by atoms with Gasteiger partial charge in [0.2, 0.25) is 0 Å². The van der Waals surface area contributed by atoms with Gasteiger partial charge in [-0.1, -0.05) is 0 Å². The second kappa shape index (κ2) is 5.36. The van der Waals surface area contributed by atoms with E-state index in [2.05, 4.69) is 0 Å². The van der Waals surface area contributed by atoms with Crippen molar-refractivity contribution in [2.75, 3.05) is 26.3 Å². The van der Waals surface area contributed by atoms with E-state index in [1.807, 2.05) is 6.92 Å². The fourth-order valence-corrected chi connectivity index (χ4v) is 2.82. The molecule has 0 bridgehead atoms. The summed E-state index contributed by atoms with van der Waals surface area (Å²) < 4.78 is 5.32. The van der Waals surface area contributed by atoms with Crippen molar-refractivity contribution in [2.24, 2.45) is 0 Å². The molecule has 0 spiro atoms. The number of aliphatic carboxylic acids is 1. The van der Waals surface area contributed by atoms with Gasteiger partial charge < -0.3 is 19.6 Å². The molecule has 0 saturated carbocycles. The van der Waals surface area contributed by atoms with Crippen LogP contribution in [0.1, 0.15) is 33.1 Å². The summed E-state index contributed by atoms with van der Waals surface area (Å²) in [4.78, 5) is 27.4. The Morgan fingerprint density at radius 1 is 1.32 bits per heavy atom. The predicted molar refractivity (Wildman–Crippen MR) is 69.0 cm³/mol. The number of carboxylic acid groups (broad SMARTS) is 1. The van der Waals surface area contributed by atoms with E-state index < -0.39 is 11.5 Å². The van der Waals surface area contributed by atoms with Gasteiger partial charge in [0.15, 0.2) is 0 Å². The number of nitrogens with zero attached hydrogens (tertiary/aromatic N) is 2. The third-order valence-corrected chi connectivity index (χ3v) is 4.20. The molecule has 2 aliphatic heterocycles. The lowest BCUT2D eigenvalue weighted by atomic mass is 9.88. The zero-order valence-corrected chi connectivity index (χ0v) is 11.6. The maximum absolute atomic E-state index is 12.6. The molecule has 2 rings (SSSR count). The van der Waals surface area contributed by atoms with Gasteiger partial charge in [-0.25, -0.2) is 9.59 Å². The molecule has 2 fully saturated rings. The molecular weight excluding hydrogens is 248 g/mol. The standard InChI is InChI=1S/C13H22N2O4/c1-10-9-19-8-7-14(10)12(18)15-6-4-3-5-13(15,2)11(16)17/h10H,3-9H2,1-2H3,(H,16,17).